The van der Waals surface area contributed by atoms with Crippen molar-refractivity contribution < 1.29 is 43.0 Å². The molecule has 0 heterocycles. The number of benzene rings is 6. The Kier molecular flexibility index (Phi) is 14.1. The Morgan fingerprint density at radius 3 is 0.707 bits per heavy atom. The number of ketones is 3. The van der Waals surface area contributed by atoms with Crippen molar-refractivity contribution in [2.24, 2.45) is 0 Å². The third-order valence-electron chi connectivity index (χ3n) is 8.35. The molecular weight excluding hydrogens is 813 g/mol. The molecule has 6 rings (SSSR count). The summed E-state index contributed by atoms with van der Waals surface area (Å²) in [5.74, 6) is -4.80. The van der Waals surface area contributed by atoms with Crippen LogP contribution in [-0.4, -0.2) is 56.6 Å². The Morgan fingerprint density at radius 2 is 0.517 bits per heavy atom. The molecule has 0 amide bonds. The molecule has 6 aromatic carbocycles. The average Bonchev–Trinajstić information content (AvgIpc) is 3.27. The topological polar surface area (TPSA) is 130 Å². The van der Waals surface area contributed by atoms with Gasteiger partial charge in [0.1, 0.15) is 0 Å². The second kappa shape index (κ2) is 19.5. The maximum Gasteiger partial charge on any atom is 0.379 e. The van der Waals surface area contributed by atoms with E-state index in [1.165, 1.54) is 56.6 Å². The molecule has 6 aromatic rings. The van der Waals surface area contributed by atoms with Gasteiger partial charge in [0.15, 0.2) is 14.7 Å². The van der Waals surface area contributed by atoms with Crippen molar-refractivity contribution in [3.05, 3.63) is 162 Å². The third kappa shape index (κ3) is 10.4. The van der Waals surface area contributed by atoms with Crippen LogP contribution in [0.3, 0.4) is 0 Å². The Bertz CT molecular complexity index is 2170. The molecule has 0 aliphatic rings. The van der Waals surface area contributed by atoms with Crippen molar-refractivity contribution >= 4 is 81.4 Å². The molecule has 0 bridgehead atoms. The molecule has 0 spiro atoms. The smallest absolute Gasteiger partial charge is 0.379 e. The van der Waals surface area contributed by atoms with E-state index in [0.29, 0.717) is 0 Å². The van der Waals surface area contributed by atoms with Gasteiger partial charge in [-0.3, -0.25) is 14.4 Å². The molecule has 0 atom stereocenters. The fourth-order valence-electron chi connectivity index (χ4n) is 5.40. The van der Waals surface area contributed by atoms with E-state index in [2.05, 4.69) is 87.0 Å². The third-order valence-corrected chi connectivity index (χ3v) is 13.6. The SMILES string of the molecule is COC(=O)C(=O)c1ccc(Sc2ccc([S+](c3ccc(Sc4ccc(C(=O)C(=O)OC)cc4)cc3)c3ccc(Sc4ccc(C(=O)C(=O)OC)cc4)cc3)cc2)cc1. The Balaban J connectivity index is 1.23. The maximum absolute atomic E-state index is 12.2. The van der Waals surface area contributed by atoms with Gasteiger partial charge in [-0.15, -0.1) is 0 Å². The van der Waals surface area contributed by atoms with E-state index in [0.717, 1.165) is 44.1 Å². The van der Waals surface area contributed by atoms with Gasteiger partial charge < -0.3 is 14.2 Å². The minimum atomic E-state index is -0.905. The molecule has 13 heteroatoms. The van der Waals surface area contributed by atoms with E-state index in [9.17, 15) is 28.8 Å². The summed E-state index contributed by atoms with van der Waals surface area (Å²) in [7, 11) is 3.04. The van der Waals surface area contributed by atoms with Gasteiger partial charge in [-0.1, -0.05) is 35.3 Å². The highest BCUT2D eigenvalue weighted by molar-refractivity contribution is 8.00. The van der Waals surface area contributed by atoms with Crippen molar-refractivity contribution in [1.82, 2.24) is 0 Å². The van der Waals surface area contributed by atoms with E-state index in [4.69, 9.17) is 0 Å². The highest BCUT2D eigenvalue weighted by Crippen LogP contribution is 2.37. The summed E-state index contributed by atoms with van der Waals surface area (Å²) in [6.07, 6.45) is 0. The minimum absolute atomic E-state index is 0.263. The van der Waals surface area contributed by atoms with Gasteiger partial charge in [0.2, 0.25) is 0 Å². The van der Waals surface area contributed by atoms with Crippen LogP contribution < -0.4 is 0 Å². The van der Waals surface area contributed by atoms with Crippen molar-refractivity contribution in [2.75, 3.05) is 21.3 Å². The van der Waals surface area contributed by atoms with Crippen LogP contribution in [-0.2, 0) is 39.5 Å². The molecule has 0 saturated carbocycles. The van der Waals surface area contributed by atoms with Crippen LogP contribution in [0, 0.1) is 0 Å². The lowest BCUT2D eigenvalue weighted by Crippen LogP contribution is -2.15. The zero-order chi connectivity index (χ0) is 41.2. The van der Waals surface area contributed by atoms with Crippen LogP contribution in [0.5, 0.6) is 0 Å². The van der Waals surface area contributed by atoms with E-state index in [-0.39, 0.29) is 16.7 Å². The zero-order valence-electron chi connectivity index (χ0n) is 31.2. The van der Waals surface area contributed by atoms with E-state index < -0.39 is 46.2 Å². The van der Waals surface area contributed by atoms with Crippen LogP contribution in [0.4, 0.5) is 0 Å². The molecule has 0 N–H and O–H groups in total. The second-order valence-electron chi connectivity index (χ2n) is 12.1. The normalized spacial score (nSPS) is 10.8. The lowest BCUT2D eigenvalue weighted by atomic mass is 10.1. The summed E-state index contributed by atoms with van der Waals surface area (Å²) in [4.78, 5) is 80.5. The highest BCUT2D eigenvalue weighted by atomic mass is 32.2. The number of carbonyl (C=O) groups excluding carboxylic acids is 6. The maximum atomic E-state index is 12.2. The van der Waals surface area contributed by atoms with E-state index in [1.807, 2.05) is 0 Å². The molecule has 0 aromatic heterocycles. The monoisotopic (exact) mass is 845 g/mol. The largest absolute Gasteiger partial charge is 0.463 e. The number of hydrogen-bond donors (Lipinski definition) is 0. The number of methoxy groups -OCH3 is 3. The Hall–Kier alpha value is -5.86. The summed E-state index contributed by atoms with van der Waals surface area (Å²) in [5, 5.41) is 0. The van der Waals surface area contributed by atoms with Gasteiger partial charge in [0.25, 0.3) is 17.3 Å². The molecule has 0 fully saturated rings. The molecule has 0 aliphatic heterocycles. The number of ether oxygens (including phenoxy) is 3. The Morgan fingerprint density at radius 1 is 0.328 bits per heavy atom. The van der Waals surface area contributed by atoms with Crippen LogP contribution in [0.2, 0.25) is 0 Å². The Labute approximate surface area is 350 Å². The summed E-state index contributed by atoms with van der Waals surface area (Å²) in [5.41, 5.74) is 0.790. The van der Waals surface area contributed by atoms with Crippen LogP contribution in [0.1, 0.15) is 31.1 Å². The van der Waals surface area contributed by atoms with E-state index >= 15 is 0 Å². The highest BCUT2D eigenvalue weighted by Gasteiger charge is 2.29. The van der Waals surface area contributed by atoms with Gasteiger partial charge in [0, 0.05) is 46.1 Å². The lowest BCUT2D eigenvalue weighted by molar-refractivity contribution is -0.135. The molecule has 290 valence electrons. The first-order valence-corrected chi connectivity index (χ1v) is 21.0. The quantitative estimate of drug-likeness (QED) is 0.0321. The fraction of sp³-hybridized carbons (Fsp3) is 0.0667. The van der Waals surface area contributed by atoms with Gasteiger partial charge in [-0.05, 0) is 146 Å². The number of Topliss-reactive ketones (excluding diaryl/α,β-unsaturated/α-hetero) is 3. The number of rotatable bonds is 15. The van der Waals surface area contributed by atoms with Crippen LogP contribution >= 0.6 is 35.3 Å². The number of carbonyl (C=O) groups is 6. The predicted octanol–water partition coefficient (Wildman–Crippen LogP) is 9.30. The summed E-state index contributed by atoms with van der Waals surface area (Å²) in [6, 6.07) is 45.5. The van der Waals surface area contributed by atoms with E-state index in [1.54, 1.807) is 72.8 Å². The molecule has 9 nitrogen and oxygen atoms in total. The van der Waals surface area contributed by atoms with Gasteiger partial charge in [-0.25, -0.2) is 14.4 Å². The summed E-state index contributed by atoms with van der Waals surface area (Å²) < 4.78 is 13.6. The van der Waals surface area contributed by atoms with Crippen molar-refractivity contribution in [3.8, 4) is 0 Å². The van der Waals surface area contributed by atoms with Crippen molar-refractivity contribution in [2.45, 2.75) is 44.1 Å². The predicted molar refractivity (Wildman–Crippen MR) is 222 cm³/mol. The molecular formula is C45H33O9S4+. The molecule has 0 saturated heterocycles. The minimum Gasteiger partial charge on any atom is -0.463 e. The standard InChI is InChI=1S/C45H33O9S4/c1-52-43(49)40(46)28-4-10-31(11-5-28)55-34-16-22-37(23-17-34)58(38-24-18-35(19-25-38)56-32-12-6-29(7-13-32)41(47)44(50)53-2)39-26-20-36(21-27-39)57-33-14-8-30(9-15-33)42(48)45(51)54-3/h4-27H,1-3H3/q+1. The first kappa shape index (κ1) is 41.8. The number of esters is 3. The summed E-state index contributed by atoms with van der Waals surface area (Å²) >= 11 is 4.61. The van der Waals surface area contributed by atoms with Gasteiger partial charge >= 0.3 is 17.9 Å². The van der Waals surface area contributed by atoms with Gasteiger partial charge in [-0.2, -0.15) is 0 Å². The fourth-order valence-corrected chi connectivity index (χ4v) is 9.89. The molecule has 0 aliphatic carbocycles. The lowest BCUT2D eigenvalue weighted by Gasteiger charge is -2.11. The second-order valence-corrected chi connectivity index (χ2v) is 17.5. The molecule has 0 unspecified atom stereocenters. The van der Waals surface area contributed by atoms with Crippen molar-refractivity contribution in [1.29, 1.82) is 0 Å². The zero-order valence-corrected chi connectivity index (χ0v) is 34.4. The van der Waals surface area contributed by atoms with Crippen molar-refractivity contribution in [3.63, 3.8) is 0 Å². The average molecular weight is 846 g/mol. The number of hydrogen-bond acceptors (Lipinski definition) is 12. The van der Waals surface area contributed by atoms with Crippen LogP contribution in [0.15, 0.2) is 190 Å². The van der Waals surface area contributed by atoms with Crippen LogP contribution in [0.25, 0.3) is 0 Å². The molecule has 0 radical (unpaired) electrons. The summed E-state index contributed by atoms with van der Waals surface area (Å²) in [6.45, 7) is 0. The first-order valence-electron chi connectivity index (χ1n) is 17.3. The first-order chi connectivity index (χ1) is 28.1. The molecule has 58 heavy (non-hydrogen) atoms. The van der Waals surface area contributed by atoms with Gasteiger partial charge in [0.05, 0.1) is 32.2 Å².